The third-order valence-electron chi connectivity index (χ3n) is 3.27. The lowest BCUT2D eigenvalue weighted by Crippen LogP contribution is -2.45. The fraction of sp³-hybridized carbons (Fsp3) is 0.533. The molecule has 1 aliphatic carbocycles. The average Bonchev–Trinajstić information content (AvgIpc) is 2.30. The second-order valence-electron chi connectivity index (χ2n) is 5.17. The van der Waals surface area contributed by atoms with Crippen molar-refractivity contribution in [2.75, 3.05) is 13.7 Å². The van der Waals surface area contributed by atoms with Gasteiger partial charge in [0, 0.05) is 12.1 Å². The largest absolute Gasteiger partial charge is 0.490 e. The highest BCUT2D eigenvalue weighted by atomic mass is 16.5. The smallest absolute Gasteiger partial charge is 0.167 e. The number of carbonyl (C=O) groups excluding carboxylic acids is 1. The van der Waals surface area contributed by atoms with Crippen LogP contribution in [-0.2, 0) is 4.79 Å². The maximum absolute atomic E-state index is 10.9. The van der Waals surface area contributed by atoms with Crippen LogP contribution in [0.2, 0.25) is 0 Å². The van der Waals surface area contributed by atoms with Crippen LogP contribution in [0.15, 0.2) is 18.2 Å². The van der Waals surface area contributed by atoms with Gasteiger partial charge in [-0.25, -0.2) is 0 Å². The number of nitrogens with one attached hydrogen (secondary N) is 1. The molecule has 0 aromatic heterocycles. The molecule has 4 heteroatoms. The first-order chi connectivity index (χ1) is 9.06. The normalized spacial score (nSPS) is 21.6. The van der Waals surface area contributed by atoms with Crippen molar-refractivity contribution < 1.29 is 14.3 Å². The summed E-state index contributed by atoms with van der Waals surface area (Å²) in [5.41, 5.74) is 1.07. The maximum atomic E-state index is 10.9. The Morgan fingerprint density at radius 2 is 2.00 bits per heavy atom. The molecule has 0 heterocycles. The van der Waals surface area contributed by atoms with Crippen molar-refractivity contribution in [1.82, 2.24) is 5.32 Å². The van der Waals surface area contributed by atoms with Gasteiger partial charge in [-0.2, -0.15) is 0 Å². The van der Waals surface area contributed by atoms with Crippen LogP contribution in [0.3, 0.4) is 0 Å². The highest BCUT2D eigenvalue weighted by molar-refractivity contribution is 5.77. The Labute approximate surface area is 114 Å². The molecule has 104 valence electrons. The second-order valence-corrected chi connectivity index (χ2v) is 5.17. The number of aryl methyl sites for hydroxylation is 1. The van der Waals surface area contributed by atoms with Crippen LogP contribution < -0.4 is 14.8 Å². The van der Waals surface area contributed by atoms with Crippen LogP contribution in [-0.4, -0.2) is 31.6 Å². The molecule has 0 unspecified atom stereocenters. The first-order valence-electron chi connectivity index (χ1n) is 6.64. The third-order valence-corrected chi connectivity index (χ3v) is 3.27. The van der Waals surface area contributed by atoms with Gasteiger partial charge in [0.25, 0.3) is 0 Å². The topological polar surface area (TPSA) is 47.6 Å². The number of ether oxygens (including phenoxy) is 2. The zero-order valence-corrected chi connectivity index (χ0v) is 11.7. The predicted octanol–water partition coefficient (Wildman–Crippen LogP) is 2.09. The van der Waals surface area contributed by atoms with Gasteiger partial charge in [0.05, 0.1) is 0 Å². The molecule has 0 saturated heterocycles. The van der Waals surface area contributed by atoms with Gasteiger partial charge in [-0.3, -0.25) is 4.79 Å². The summed E-state index contributed by atoms with van der Waals surface area (Å²) in [6.07, 6.45) is 2.35. The Morgan fingerprint density at radius 3 is 2.63 bits per heavy atom. The van der Waals surface area contributed by atoms with Gasteiger partial charge in [0.2, 0.25) is 0 Å². The molecular weight excluding hydrogens is 242 g/mol. The van der Waals surface area contributed by atoms with Gasteiger partial charge in [0.15, 0.2) is 5.78 Å². The zero-order chi connectivity index (χ0) is 13.8. The number of Topliss-reactive ketones (excluding diaryl/α,β-unsaturated/α-hetero) is 1. The molecule has 1 fully saturated rings. The molecule has 0 bridgehead atoms. The van der Waals surface area contributed by atoms with E-state index in [0.717, 1.165) is 24.2 Å². The van der Waals surface area contributed by atoms with Crippen molar-refractivity contribution in [1.29, 1.82) is 0 Å². The van der Waals surface area contributed by atoms with Crippen LogP contribution in [0.1, 0.15) is 25.3 Å². The first-order valence-corrected chi connectivity index (χ1v) is 6.64. The first kappa shape index (κ1) is 13.9. The minimum Gasteiger partial charge on any atom is -0.490 e. The Kier molecular flexibility index (Phi) is 4.43. The molecule has 2 rings (SSSR count). The summed E-state index contributed by atoms with van der Waals surface area (Å²) in [6.45, 7) is 3.61. The Hall–Kier alpha value is -1.55. The molecule has 0 aliphatic heterocycles. The summed E-state index contributed by atoms with van der Waals surface area (Å²) in [7, 11) is 1.97. The van der Waals surface area contributed by atoms with E-state index < -0.39 is 0 Å². The number of benzene rings is 1. The SMILES string of the molecule is CNC1CC(Oc2cc(C)cc(OCC(C)=O)c2)C1. The van der Waals surface area contributed by atoms with Gasteiger partial charge in [-0.15, -0.1) is 0 Å². The van der Waals surface area contributed by atoms with Crippen molar-refractivity contribution in [3.8, 4) is 11.5 Å². The standard InChI is InChI=1S/C15H21NO3/c1-10-4-13(18-9-11(2)17)8-14(5-10)19-15-6-12(7-15)16-3/h4-5,8,12,15-16H,6-7,9H2,1-3H3. The molecule has 1 saturated carbocycles. The molecule has 1 aromatic rings. The van der Waals surface area contributed by atoms with Crippen molar-refractivity contribution in [2.45, 2.75) is 38.8 Å². The van der Waals surface area contributed by atoms with E-state index >= 15 is 0 Å². The van der Waals surface area contributed by atoms with Gasteiger partial charge in [-0.05, 0) is 51.4 Å². The molecule has 19 heavy (non-hydrogen) atoms. The average molecular weight is 263 g/mol. The fourth-order valence-corrected chi connectivity index (χ4v) is 2.14. The monoisotopic (exact) mass is 263 g/mol. The number of hydrogen-bond acceptors (Lipinski definition) is 4. The van der Waals surface area contributed by atoms with Crippen molar-refractivity contribution in [2.24, 2.45) is 0 Å². The minimum atomic E-state index is 0.0137. The number of rotatable bonds is 6. The molecule has 0 radical (unpaired) electrons. The van der Waals surface area contributed by atoms with Crippen LogP contribution in [0.5, 0.6) is 11.5 Å². The summed E-state index contributed by atoms with van der Waals surface area (Å²) in [6, 6.07) is 6.33. The highest BCUT2D eigenvalue weighted by Crippen LogP contribution is 2.29. The number of ketones is 1. The lowest BCUT2D eigenvalue weighted by molar-refractivity contribution is -0.118. The molecular formula is C15H21NO3. The van der Waals surface area contributed by atoms with E-state index in [4.69, 9.17) is 9.47 Å². The number of hydrogen-bond donors (Lipinski definition) is 1. The van der Waals surface area contributed by atoms with Crippen molar-refractivity contribution in [3.63, 3.8) is 0 Å². The van der Waals surface area contributed by atoms with Crippen LogP contribution in [0, 0.1) is 6.92 Å². The molecule has 0 amide bonds. The van der Waals surface area contributed by atoms with E-state index in [9.17, 15) is 4.79 Å². The Morgan fingerprint density at radius 1 is 1.32 bits per heavy atom. The Balaban J connectivity index is 1.95. The van der Waals surface area contributed by atoms with E-state index in [1.807, 2.05) is 32.2 Å². The van der Waals surface area contributed by atoms with Gasteiger partial charge < -0.3 is 14.8 Å². The molecule has 4 nitrogen and oxygen atoms in total. The van der Waals surface area contributed by atoms with Crippen LogP contribution in [0.25, 0.3) is 0 Å². The van der Waals surface area contributed by atoms with Gasteiger partial charge in [-0.1, -0.05) is 0 Å². The van der Waals surface area contributed by atoms with Gasteiger partial charge in [0.1, 0.15) is 24.2 Å². The summed E-state index contributed by atoms with van der Waals surface area (Å²) in [5, 5.41) is 3.23. The quantitative estimate of drug-likeness (QED) is 0.853. The van der Waals surface area contributed by atoms with Crippen LogP contribution >= 0.6 is 0 Å². The highest BCUT2D eigenvalue weighted by Gasteiger charge is 2.29. The summed E-state index contributed by atoms with van der Waals surface area (Å²) in [5.74, 6) is 1.52. The van der Waals surface area contributed by atoms with E-state index in [0.29, 0.717) is 11.8 Å². The number of carbonyl (C=O) groups is 1. The fourth-order valence-electron chi connectivity index (χ4n) is 2.14. The zero-order valence-electron chi connectivity index (χ0n) is 11.7. The van der Waals surface area contributed by atoms with E-state index in [-0.39, 0.29) is 18.5 Å². The van der Waals surface area contributed by atoms with Crippen molar-refractivity contribution >= 4 is 5.78 Å². The molecule has 1 aliphatic rings. The molecule has 1 N–H and O–H groups in total. The molecule has 1 aromatic carbocycles. The lowest BCUT2D eigenvalue weighted by Gasteiger charge is -2.35. The van der Waals surface area contributed by atoms with E-state index in [1.54, 1.807) is 0 Å². The maximum Gasteiger partial charge on any atom is 0.167 e. The molecule has 0 atom stereocenters. The Bertz CT molecular complexity index is 453. The van der Waals surface area contributed by atoms with Gasteiger partial charge >= 0.3 is 0 Å². The van der Waals surface area contributed by atoms with E-state index in [2.05, 4.69) is 5.32 Å². The summed E-state index contributed by atoms with van der Waals surface area (Å²) >= 11 is 0. The van der Waals surface area contributed by atoms with Crippen molar-refractivity contribution in [3.05, 3.63) is 23.8 Å². The third kappa shape index (κ3) is 3.96. The second kappa shape index (κ2) is 6.06. The van der Waals surface area contributed by atoms with E-state index in [1.165, 1.54) is 6.92 Å². The predicted molar refractivity (Wildman–Crippen MR) is 73.9 cm³/mol. The minimum absolute atomic E-state index is 0.0137. The van der Waals surface area contributed by atoms with Crippen LogP contribution in [0.4, 0.5) is 0 Å². The summed E-state index contributed by atoms with van der Waals surface area (Å²) in [4.78, 5) is 10.9. The lowest BCUT2D eigenvalue weighted by atomic mass is 9.89. The summed E-state index contributed by atoms with van der Waals surface area (Å²) < 4.78 is 11.3. The molecule has 0 spiro atoms.